The van der Waals surface area contributed by atoms with E-state index in [0.29, 0.717) is 5.69 Å². The summed E-state index contributed by atoms with van der Waals surface area (Å²) in [7, 11) is 1.63. The summed E-state index contributed by atoms with van der Waals surface area (Å²) in [6, 6.07) is 3.82. The molecule has 2 N–H and O–H groups in total. The molecule has 0 aliphatic carbocycles. The smallest absolute Gasteiger partial charge is 0.125 e. The molecule has 2 aromatic rings. The van der Waals surface area contributed by atoms with Crippen molar-refractivity contribution >= 4 is 0 Å². The minimum atomic E-state index is -0.765. The van der Waals surface area contributed by atoms with E-state index in [-0.39, 0.29) is 0 Å². The summed E-state index contributed by atoms with van der Waals surface area (Å²) in [5.74, 6) is 0.818. The number of aliphatic hydroxyl groups excluding tert-OH is 1. The van der Waals surface area contributed by atoms with E-state index in [1.807, 2.05) is 26.0 Å². The molecule has 5 nitrogen and oxygen atoms in total. The van der Waals surface area contributed by atoms with Gasteiger partial charge in [-0.05, 0) is 42.7 Å². The molecule has 5 heteroatoms. The molecule has 1 heterocycles. The van der Waals surface area contributed by atoms with Gasteiger partial charge in [-0.15, -0.1) is 0 Å². The lowest BCUT2D eigenvalue weighted by atomic mass is 9.98. The van der Waals surface area contributed by atoms with Crippen LogP contribution in [0.4, 0.5) is 0 Å². The van der Waals surface area contributed by atoms with Gasteiger partial charge in [0, 0.05) is 0 Å². The molecule has 2 rings (SSSR count). The summed E-state index contributed by atoms with van der Waals surface area (Å²) in [6.45, 7) is 3.87. The summed E-state index contributed by atoms with van der Waals surface area (Å²) < 4.78 is 5.24. The molecule has 90 valence electrons. The molecule has 0 aliphatic rings. The van der Waals surface area contributed by atoms with Crippen molar-refractivity contribution in [3.63, 3.8) is 0 Å². The van der Waals surface area contributed by atoms with Gasteiger partial charge in [0.25, 0.3) is 0 Å². The molecule has 0 saturated carbocycles. The van der Waals surface area contributed by atoms with Crippen molar-refractivity contribution in [2.24, 2.45) is 0 Å². The number of aromatic amines is 1. The number of methoxy groups -OCH3 is 1. The average molecular weight is 233 g/mol. The lowest BCUT2D eigenvalue weighted by Crippen LogP contribution is -2.04. The summed E-state index contributed by atoms with van der Waals surface area (Å²) in [4.78, 5) is 0. The van der Waals surface area contributed by atoms with E-state index in [1.165, 1.54) is 6.20 Å². The molecular weight excluding hydrogens is 218 g/mol. The largest absolute Gasteiger partial charge is 0.496 e. The maximum atomic E-state index is 10.2. The number of aliphatic hydroxyl groups is 1. The normalized spacial score (nSPS) is 12.5. The molecule has 17 heavy (non-hydrogen) atoms. The van der Waals surface area contributed by atoms with E-state index in [9.17, 15) is 5.11 Å². The minimum Gasteiger partial charge on any atom is -0.496 e. The third-order valence-electron chi connectivity index (χ3n) is 2.79. The third kappa shape index (κ3) is 2.14. The average Bonchev–Trinajstić information content (AvgIpc) is 2.84. The summed E-state index contributed by atoms with van der Waals surface area (Å²) in [6.07, 6.45) is 0.752. The number of aryl methyl sites for hydroxylation is 2. The van der Waals surface area contributed by atoms with E-state index >= 15 is 0 Å². The highest BCUT2D eigenvalue weighted by molar-refractivity contribution is 5.43. The Balaban J connectivity index is 2.42. The lowest BCUT2D eigenvalue weighted by molar-refractivity contribution is 0.214. The second-order valence-electron chi connectivity index (χ2n) is 3.98. The van der Waals surface area contributed by atoms with Crippen molar-refractivity contribution in [1.82, 2.24) is 15.4 Å². The highest BCUT2D eigenvalue weighted by atomic mass is 16.5. The van der Waals surface area contributed by atoms with Crippen LogP contribution in [0.5, 0.6) is 5.75 Å². The Morgan fingerprint density at radius 2 is 2.06 bits per heavy atom. The molecule has 1 aromatic carbocycles. The molecule has 0 radical (unpaired) electrons. The van der Waals surface area contributed by atoms with Crippen molar-refractivity contribution < 1.29 is 9.84 Å². The highest BCUT2D eigenvalue weighted by Crippen LogP contribution is 2.28. The Bertz CT molecular complexity index is 509. The van der Waals surface area contributed by atoms with E-state index in [0.717, 1.165) is 22.4 Å². The van der Waals surface area contributed by atoms with Gasteiger partial charge >= 0.3 is 0 Å². The minimum absolute atomic E-state index is 0.512. The van der Waals surface area contributed by atoms with Crippen molar-refractivity contribution in [2.75, 3.05) is 7.11 Å². The van der Waals surface area contributed by atoms with Crippen LogP contribution in [-0.4, -0.2) is 27.6 Å². The van der Waals surface area contributed by atoms with E-state index in [1.54, 1.807) is 7.11 Å². The fraction of sp³-hybridized carbons (Fsp3) is 0.333. The van der Waals surface area contributed by atoms with Crippen molar-refractivity contribution in [3.05, 3.63) is 40.7 Å². The van der Waals surface area contributed by atoms with Gasteiger partial charge in [-0.3, -0.25) is 0 Å². The topological polar surface area (TPSA) is 71.0 Å². The maximum absolute atomic E-state index is 10.2. The first-order valence-corrected chi connectivity index (χ1v) is 5.32. The van der Waals surface area contributed by atoms with Gasteiger partial charge in [0.15, 0.2) is 0 Å². The zero-order valence-corrected chi connectivity index (χ0v) is 10.1. The molecule has 1 aromatic heterocycles. The molecule has 1 atom stereocenters. The first-order valence-electron chi connectivity index (χ1n) is 5.32. The van der Waals surface area contributed by atoms with E-state index in [2.05, 4.69) is 15.4 Å². The van der Waals surface area contributed by atoms with Crippen LogP contribution in [0.1, 0.15) is 28.5 Å². The Morgan fingerprint density at radius 1 is 1.29 bits per heavy atom. The third-order valence-corrected chi connectivity index (χ3v) is 2.79. The van der Waals surface area contributed by atoms with Crippen LogP contribution in [0, 0.1) is 13.8 Å². The number of nitrogens with one attached hydrogen (secondary N) is 1. The van der Waals surface area contributed by atoms with Gasteiger partial charge in [0.2, 0.25) is 0 Å². The zero-order chi connectivity index (χ0) is 12.4. The quantitative estimate of drug-likeness (QED) is 0.843. The van der Waals surface area contributed by atoms with Gasteiger partial charge < -0.3 is 9.84 Å². The fourth-order valence-electron chi connectivity index (χ4n) is 1.83. The first kappa shape index (κ1) is 11.6. The number of ether oxygens (including phenoxy) is 1. The number of hydrogen-bond donors (Lipinski definition) is 2. The monoisotopic (exact) mass is 233 g/mol. The van der Waals surface area contributed by atoms with Crippen molar-refractivity contribution in [1.29, 1.82) is 0 Å². The number of benzene rings is 1. The van der Waals surface area contributed by atoms with Gasteiger partial charge in [0.1, 0.15) is 17.5 Å². The van der Waals surface area contributed by atoms with Crippen LogP contribution in [0.3, 0.4) is 0 Å². The number of H-pyrrole nitrogens is 1. The van der Waals surface area contributed by atoms with E-state index < -0.39 is 6.10 Å². The van der Waals surface area contributed by atoms with Crippen LogP contribution < -0.4 is 4.74 Å². The molecule has 1 unspecified atom stereocenters. The highest BCUT2D eigenvalue weighted by Gasteiger charge is 2.17. The summed E-state index contributed by atoms with van der Waals surface area (Å²) >= 11 is 0. The zero-order valence-electron chi connectivity index (χ0n) is 10.1. The van der Waals surface area contributed by atoms with Gasteiger partial charge in [-0.2, -0.15) is 15.4 Å². The molecule has 0 amide bonds. The van der Waals surface area contributed by atoms with Crippen LogP contribution in [0.25, 0.3) is 0 Å². The summed E-state index contributed by atoms with van der Waals surface area (Å²) in [5, 5.41) is 20.3. The fourth-order valence-corrected chi connectivity index (χ4v) is 1.83. The Hall–Kier alpha value is -1.88. The van der Waals surface area contributed by atoms with Crippen LogP contribution in [0.2, 0.25) is 0 Å². The number of aromatic nitrogens is 3. The Labute approximate surface area is 99.4 Å². The second-order valence-corrected chi connectivity index (χ2v) is 3.98. The SMILES string of the molecule is COc1cc(C)c(C(O)c2cn[nH]n2)cc1C. The van der Waals surface area contributed by atoms with Gasteiger partial charge in [0.05, 0.1) is 13.3 Å². The standard InChI is InChI=1S/C12H15N3O2/c1-7-5-11(17-3)8(2)4-9(7)12(16)10-6-13-15-14-10/h4-6,12,16H,1-3H3,(H,13,14,15). The van der Waals surface area contributed by atoms with Crippen molar-refractivity contribution in [2.45, 2.75) is 20.0 Å². The first-order chi connectivity index (χ1) is 8.13. The predicted molar refractivity (Wildman–Crippen MR) is 62.9 cm³/mol. The Morgan fingerprint density at radius 3 is 2.65 bits per heavy atom. The summed E-state index contributed by atoms with van der Waals surface area (Å²) in [5.41, 5.74) is 3.27. The molecule has 0 bridgehead atoms. The Kier molecular flexibility index (Phi) is 3.10. The van der Waals surface area contributed by atoms with Crippen LogP contribution in [0.15, 0.2) is 18.3 Å². The number of hydrogen-bond acceptors (Lipinski definition) is 4. The molecular formula is C12H15N3O2. The molecule has 0 fully saturated rings. The molecule has 0 saturated heterocycles. The molecule has 0 aliphatic heterocycles. The number of nitrogens with zero attached hydrogens (tertiary/aromatic N) is 2. The lowest BCUT2D eigenvalue weighted by Gasteiger charge is -2.14. The van der Waals surface area contributed by atoms with Crippen LogP contribution in [-0.2, 0) is 0 Å². The van der Waals surface area contributed by atoms with E-state index in [4.69, 9.17) is 4.74 Å². The predicted octanol–water partition coefficient (Wildman–Crippen LogP) is 1.51. The van der Waals surface area contributed by atoms with Gasteiger partial charge in [-0.25, -0.2) is 0 Å². The maximum Gasteiger partial charge on any atom is 0.125 e. The van der Waals surface area contributed by atoms with Gasteiger partial charge in [-0.1, -0.05) is 0 Å². The van der Waals surface area contributed by atoms with Crippen molar-refractivity contribution in [3.8, 4) is 5.75 Å². The molecule has 0 spiro atoms. The van der Waals surface area contributed by atoms with Crippen LogP contribution >= 0.6 is 0 Å². The second kappa shape index (κ2) is 4.55. The number of rotatable bonds is 3.